The van der Waals surface area contributed by atoms with Crippen LogP contribution in [0.25, 0.3) is 0 Å². The zero-order valence-corrected chi connectivity index (χ0v) is 15.7. The topological polar surface area (TPSA) is 52.6 Å². The third-order valence-electron chi connectivity index (χ3n) is 4.94. The van der Waals surface area contributed by atoms with Crippen molar-refractivity contribution >= 4 is 11.7 Å². The van der Waals surface area contributed by atoms with E-state index in [1.807, 2.05) is 31.9 Å². The standard InChI is InChI=1S/C18H31N5O/c1-6-22(7-2)13-18(24)21(5)16-8-10-23(11-9-16)17-12-14(3)19-15(4)20-17/h12,16H,6-11,13H2,1-5H3. The van der Waals surface area contributed by atoms with Crippen molar-refractivity contribution < 1.29 is 4.79 Å². The van der Waals surface area contributed by atoms with Gasteiger partial charge in [0, 0.05) is 37.9 Å². The summed E-state index contributed by atoms with van der Waals surface area (Å²) in [5.74, 6) is 2.06. The van der Waals surface area contributed by atoms with Gasteiger partial charge in [0.15, 0.2) is 0 Å². The molecule has 2 heterocycles. The van der Waals surface area contributed by atoms with Crippen LogP contribution in [0.3, 0.4) is 0 Å². The highest BCUT2D eigenvalue weighted by atomic mass is 16.2. The molecule has 1 amide bonds. The van der Waals surface area contributed by atoms with E-state index in [4.69, 9.17) is 0 Å². The van der Waals surface area contributed by atoms with E-state index in [0.29, 0.717) is 12.6 Å². The molecule has 0 bridgehead atoms. The quantitative estimate of drug-likeness (QED) is 0.795. The molecule has 24 heavy (non-hydrogen) atoms. The fourth-order valence-electron chi connectivity index (χ4n) is 3.30. The molecule has 0 radical (unpaired) electrons. The lowest BCUT2D eigenvalue weighted by molar-refractivity contribution is -0.133. The van der Waals surface area contributed by atoms with E-state index >= 15 is 0 Å². The molecule has 0 atom stereocenters. The molecule has 0 saturated carbocycles. The summed E-state index contributed by atoms with van der Waals surface area (Å²) in [6.07, 6.45) is 1.98. The van der Waals surface area contributed by atoms with E-state index in [0.717, 1.165) is 56.4 Å². The van der Waals surface area contributed by atoms with Gasteiger partial charge in [-0.1, -0.05) is 13.8 Å². The predicted molar refractivity (Wildman–Crippen MR) is 97.3 cm³/mol. The lowest BCUT2D eigenvalue weighted by Crippen LogP contribution is -2.48. The summed E-state index contributed by atoms with van der Waals surface area (Å²) in [7, 11) is 1.95. The number of carbonyl (C=O) groups excluding carboxylic acids is 1. The zero-order chi connectivity index (χ0) is 17.7. The van der Waals surface area contributed by atoms with E-state index in [9.17, 15) is 4.79 Å². The Hall–Kier alpha value is -1.69. The molecular formula is C18H31N5O. The van der Waals surface area contributed by atoms with Gasteiger partial charge in [-0.05, 0) is 39.8 Å². The molecule has 1 aromatic rings. The summed E-state index contributed by atoms with van der Waals surface area (Å²) in [6.45, 7) is 12.4. The summed E-state index contributed by atoms with van der Waals surface area (Å²) in [5.41, 5.74) is 1.01. The number of nitrogens with zero attached hydrogens (tertiary/aromatic N) is 5. The average molecular weight is 333 g/mol. The van der Waals surface area contributed by atoms with Crippen LogP contribution in [0.5, 0.6) is 0 Å². The number of piperidine rings is 1. The van der Waals surface area contributed by atoms with E-state index < -0.39 is 0 Å². The highest BCUT2D eigenvalue weighted by Gasteiger charge is 2.26. The maximum Gasteiger partial charge on any atom is 0.236 e. The monoisotopic (exact) mass is 333 g/mol. The van der Waals surface area contributed by atoms with Crippen LogP contribution in [0, 0.1) is 13.8 Å². The molecule has 134 valence electrons. The molecule has 0 aromatic carbocycles. The molecule has 0 spiro atoms. The SMILES string of the molecule is CCN(CC)CC(=O)N(C)C1CCN(c2cc(C)nc(C)n2)CC1. The maximum atomic E-state index is 12.5. The number of aromatic nitrogens is 2. The Morgan fingerprint density at radius 3 is 2.38 bits per heavy atom. The van der Waals surface area contributed by atoms with Crippen LogP contribution in [-0.2, 0) is 4.79 Å². The zero-order valence-electron chi connectivity index (χ0n) is 15.7. The van der Waals surface area contributed by atoms with Crippen LogP contribution in [0.4, 0.5) is 5.82 Å². The highest BCUT2D eigenvalue weighted by Crippen LogP contribution is 2.21. The number of hydrogen-bond donors (Lipinski definition) is 0. The van der Waals surface area contributed by atoms with Gasteiger partial charge in [0.1, 0.15) is 11.6 Å². The van der Waals surface area contributed by atoms with E-state index in [-0.39, 0.29) is 5.91 Å². The summed E-state index contributed by atoms with van der Waals surface area (Å²) >= 11 is 0. The van der Waals surface area contributed by atoms with Crippen LogP contribution in [0.2, 0.25) is 0 Å². The Morgan fingerprint density at radius 1 is 1.21 bits per heavy atom. The van der Waals surface area contributed by atoms with Gasteiger partial charge in [0.2, 0.25) is 5.91 Å². The van der Waals surface area contributed by atoms with Crippen LogP contribution in [0.15, 0.2) is 6.07 Å². The van der Waals surface area contributed by atoms with Crippen molar-refractivity contribution in [3.05, 3.63) is 17.6 Å². The Labute approximate surface area is 145 Å². The number of amides is 1. The van der Waals surface area contributed by atoms with Crippen molar-refractivity contribution in [1.29, 1.82) is 0 Å². The van der Waals surface area contributed by atoms with Gasteiger partial charge in [-0.25, -0.2) is 9.97 Å². The molecule has 0 N–H and O–H groups in total. The molecule has 1 aliphatic heterocycles. The lowest BCUT2D eigenvalue weighted by Gasteiger charge is -2.38. The molecule has 1 saturated heterocycles. The number of rotatable bonds is 6. The average Bonchev–Trinajstić information content (AvgIpc) is 2.58. The molecule has 0 unspecified atom stereocenters. The van der Waals surface area contributed by atoms with Crippen molar-refractivity contribution in [3.8, 4) is 0 Å². The molecule has 6 nitrogen and oxygen atoms in total. The van der Waals surface area contributed by atoms with Gasteiger partial charge < -0.3 is 9.80 Å². The molecule has 1 fully saturated rings. The summed E-state index contributed by atoms with van der Waals surface area (Å²) in [4.78, 5) is 27.8. The minimum atomic E-state index is 0.228. The van der Waals surface area contributed by atoms with Crippen molar-refractivity contribution in [3.63, 3.8) is 0 Å². The van der Waals surface area contributed by atoms with E-state index in [1.165, 1.54) is 0 Å². The summed E-state index contributed by atoms with van der Waals surface area (Å²) in [5, 5.41) is 0. The lowest BCUT2D eigenvalue weighted by atomic mass is 10.0. The first kappa shape index (κ1) is 18.6. The molecule has 0 aliphatic carbocycles. The van der Waals surface area contributed by atoms with Crippen molar-refractivity contribution in [2.24, 2.45) is 0 Å². The van der Waals surface area contributed by atoms with Crippen molar-refractivity contribution in [1.82, 2.24) is 19.8 Å². The van der Waals surface area contributed by atoms with Gasteiger partial charge >= 0.3 is 0 Å². The minimum absolute atomic E-state index is 0.228. The Kier molecular flexibility index (Phi) is 6.54. The first-order valence-corrected chi connectivity index (χ1v) is 8.99. The van der Waals surface area contributed by atoms with Crippen LogP contribution >= 0.6 is 0 Å². The van der Waals surface area contributed by atoms with Crippen LogP contribution in [0.1, 0.15) is 38.2 Å². The number of anilines is 1. The minimum Gasteiger partial charge on any atom is -0.356 e. The number of carbonyl (C=O) groups is 1. The smallest absolute Gasteiger partial charge is 0.236 e. The van der Waals surface area contributed by atoms with Gasteiger partial charge in [0.25, 0.3) is 0 Å². The predicted octanol–water partition coefficient (Wildman–Crippen LogP) is 1.86. The number of aryl methyl sites for hydroxylation is 2. The van der Waals surface area contributed by atoms with Crippen LogP contribution in [-0.4, -0.2) is 71.5 Å². The second kappa shape index (κ2) is 8.42. The normalized spacial score (nSPS) is 15.8. The molecule has 1 aromatic heterocycles. The first-order chi connectivity index (χ1) is 11.4. The van der Waals surface area contributed by atoms with Gasteiger partial charge in [-0.3, -0.25) is 9.69 Å². The van der Waals surface area contributed by atoms with Gasteiger partial charge in [-0.15, -0.1) is 0 Å². The van der Waals surface area contributed by atoms with E-state index in [2.05, 4.69) is 33.6 Å². The Balaban J connectivity index is 1.90. The fourth-order valence-corrected chi connectivity index (χ4v) is 3.30. The summed E-state index contributed by atoms with van der Waals surface area (Å²) < 4.78 is 0. The Morgan fingerprint density at radius 2 is 1.83 bits per heavy atom. The Bertz CT molecular complexity index is 530. The van der Waals surface area contributed by atoms with Crippen molar-refractivity contribution in [2.45, 2.75) is 46.6 Å². The first-order valence-electron chi connectivity index (χ1n) is 8.99. The third kappa shape index (κ3) is 4.66. The highest BCUT2D eigenvalue weighted by molar-refractivity contribution is 5.78. The maximum absolute atomic E-state index is 12.5. The molecule has 6 heteroatoms. The largest absolute Gasteiger partial charge is 0.356 e. The fraction of sp³-hybridized carbons (Fsp3) is 0.722. The second-order valence-electron chi connectivity index (χ2n) is 6.60. The molecular weight excluding hydrogens is 302 g/mol. The second-order valence-corrected chi connectivity index (χ2v) is 6.60. The third-order valence-corrected chi connectivity index (χ3v) is 4.94. The molecule has 1 aliphatic rings. The van der Waals surface area contributed by atoms with Gasteiger partial charge in [0.05, 0.1) is 6.54 Å². The summed E-state index contributed by atoms with van der Waals surface area (Å²) in [6, 6.07) is 2.37. The molecule has 2 rings (SSSR count). The van der Waals surface area contributed by atoms with Crippen LogP contribution < -0.4 is 4.90 Å². The number of likely N-dealkylation sites (N-methyl/N-ethyl adjacent to an activating group) is 2. The van der Waals surface area contributed by atoms with Crippen molar-refractivity contribution in [2.75, 3.05) is 44.7 Å². The van der Waals surface area contributed by atoms with E-state index in [1.54, 1.807) is 0 Å². The van der Waals surface area contributed by atoms with Gasteiger partial charge in [-0.2, -0.15) is 0 Å². The number of hydrogen-bond acceptors (Lipinski definition) is 5.